The van der Waals surface area contributed by atoms with E-state index in [2.05, 4.69) is 15.3 Å². The van der Waals surface area contributed by atoms with Crippen LogP contribution in [0.4, 0.5) is 5.69 Å². The Balaban J connectivity index is 1.91. The molecule has 25 heavy (non-hydrogen) atoms. The first-order valence-corrected chi connectivity index (χ1v) is 7.70. The predicted molar refractivity (Wildman–Crippen MR) is 92.7 cm³/mol. The fraction of sp³-hybridized carbons (Fsp3) is 0.222. The summed E-state index contributed by atoms with van der Waals surface area (Å²) < 4.78 is 5.22. The Kier molecular flexibility index (Phi) is 4.22. The highest BCUT2D eigenvalue weighted by molar-refractivity contribution is 5.93. The summed E-state index contributed by atoms with van der Waals surface area (Å²) in [5.41, 5.74) is 1.78. The van der Waals surface area contributed by atoms with Crippen LogP contribution in [0.25, 0.3) is 11.0 Å². The largest absolute Gasteiger partial charge is 0.508 e. The number of nitrogens with zero attached hydrogens (tertiary/aromatic N) is 2. The van der Waals surface area contributed by atoms with Crippen molar-refractivity contribution in [3.8, 4) is 5.75 Å². The summed E-state index contributed by atoms with van der Waals surface area (Å²) in [5, 5.41) is 12.9. The second-order valence-electron chi connectivity index (χ2n) is 5.81. The molecule has 2 heterocycles. The van der Waals surface area contributed by atoms with Crippen LogP contribution in [-0.2, 0) is 11.2 Å². The first-order valence-electron chi connectivity index (χ1n) is 7.70. The van der Waals surface area contributed by atoms with E-state index in [1.54, 1.807) is 26.8 Å². The van der Waals surface area contributed by atoms with E-state index in [0.717, 1.165) is 0 Å². The lowest BCUT2D eigenvalue weighted by atomic mass is 10.0. The molecule has 1 amide bonds. The third-order valence-electron chi connectivity index (χ3n) is 3.98. The number of phenols is 1. The average Bonchev–Trinajstić information content (AvgIpc) is 2.54. The number of rotatable bonds is 3. The van der Waals surface area contributed by atoms with Gasteiger partial charge in [0.15, 0.2) is 0 Å². The molecule has 0 aliphatic carbocycles. The Morgan fingerprint density at radius 1 is 1.28 bits per heavy atom. The van der Waals surface area contributed by atoms with Gasteiger partial charge in [-0.3, -0.25) is 4.79 Å². The molecule has 0 unspecified atom stereocenters. The van der Waals surface area contributed by atoms with E-state index in [0.29, 0.717) is 28.2 Å². The number of fused-ring (bicyclic) bond motifs is 1. The van der Waals surface area contributed by atoms with Crippen LogP contribution in [0.1, 0.15) is 22.6 Å². The number of carbonyl (C=O) groups is 1. The van der Waals surface area contributed by atoms with Crippen LogP contribution in [0.3, 0.4) is 0 Å². The van der Waals surface area contributed by atoms with Crippen LogP contribution in [0.2, 0.25) is 0 Å². The summed E-state index contributed by atoms with van der Waals surface area (Å²) in [6, 6.07) is 4.54. The summed E-state index contributed by atoms with van der Waals surface area (Å²) in [5.74, 6) is 0.268. The molecular formula is C18H17N3O4. The highest BCUT2D eigenvalue weighted by atomic mass is 16.4. The summed E-state index contributed by atoms with van der Waals surface area (Å²) in [6.45, 7) is 5.28. The van der Waals surface area contributed by atoms with Gasteiger partial charge in [-0.2, -0.15) is 0 Å². The molecule has 3 rings (SSSR count). The van der Waals surface area contributed by atoms with Gasteiger partial charge >= 0.3 is 5.63 Å². The molecule has 128 valence electrons. The Morgan fingerprint density at radius 2 is 2.04 bits per heavy atom. The lowest BCUT2D eigenvalue weighted by Gasteiger charge is -2.10. The molecule has 0 bridgehead atoms. The highest BCUT2D eigenvalue weighted by Crippen LogP contribution is 2.23. The number of hydrogen-bond acceptors (Lipinski definition) is 6. The van der Waals surface area contributed by atoms with Crippen molar-refractivity contribution >= 4 is 22.6 Å². The minimum Gasteiger partial charge on any atom is -0.508 e. The van der Waals surface area contributed by atoms with E-state index >= 15 is 0 Å². The zero-order chi connectivity index (χ0) is 18.1. The van der Waals surface area contributed by atoms with Crippen molar-refractivity contribution < 1.29 is 14.3 Å². The molecule has 7 nitrogen and oxygen atoms in total. The van der Waals surface area contributed by atoms with Gasteiger partial charge < -0.3 is 14.8 Å². The number of amides is 1. The fourth-order valence-corrected chi connectivity index (χ4v) is 2.65. The molecule has 1 aromatic carbocycles. The summed E-state index contributed by atoms with van der Waals surface area (Å²) in [7, 11) is 0. The number of phenolic OH excluding ortho intramolecular Hbond substituents is 1. The van der Waals surface area contributed by atoms with Crippen LogP contribution >= 0.6 is 0 Å². The Labute approximate surface area is 143 Å². The molecule has 0 atom stereocenters. The average molecular weight is 339 g/mol. The van der Waals surface area contributed by atoms with Crippen molar-refractivity contribution in [3.05, 3.63) is 57.5 Å². The fourth-order valence-electron chi connectivity index (χ4n) is 2.65. The maximum atomic E-state index is 12.3. The molecule has 0 aliphatic heterocycles. The molecule has 0 saturated heterocycles. The quantitative estimate of drug-likeness (QED) is 0.710. The Morgan fingerprint density at radius 3 is 2.76 bits per heavy atom. The molecule has 0 spiro atoms. The number of benzene rings is 1. The maximum absolute atomic E-state index is 12.3. The standard InChI is InChI=1S/C18H17N3O4/c1-9-13-5-4-12(22)6-16(13)25-18(24)14(9)7-17(23)21-15-8-19-11(3)20-10(15)2/h4-6,8,22H,7H2,1-3H3,(H,21,23). The number of hydrogen-bond donors (Lipinski definition) is 2. The van der Waals surface area contributed by atoms with Crippen molar-refractivity contribution in [3.63, 3.8) is 0 Å². The highest BCUT2D eigenvalue weighted by Gasteiger charge is 2.16. The van der Waals surface area contributed by atoms with Gasteiger partial charge in [-0.05, 0) is 38.5 Å². The normalized spacial score (nSPS) is 10.8. The van der Waals surface area contributed by atoms with Crippen molar-refractivity contribution in [1.82, 2.24) is 9.97 Å². The van der Waals surface area contributed by atoms with Gasteiger partial charge in [0.1, 0.15) is 17.2 Å². The lowest BCUT2D eigenvalue weighted by Crippen LogP contribution is -2.21. The van der Waals surface area contributed by atoms with E-state index in [9.17, 15) is 14.7 Å². The topological polar surface area (TPSA) is 105 Å². The first kappa shape index (κ1) is 16.6. The third-order valence-corrected chi connectivity index (χ3v) is 3.98. The zero-order valence-electron chi connectivity index (χ0n) is 14.1. The van der Waals surface area contributed by atoms with Crippen LogP contribution in [0, 0.1) is 20.8 Å². The van der Waals surface area contributed by atoms with Crippen LogP contribution in [0.15, 0.2) is 33.6 Å². The summed E-state index contributed by atoms with van der Waals surface area (Å²) in [6.07, 6.45) is 1.41. The zero-order valence-corrected chi connectivity index (χ0v) is 14.1. The lowest BCUT2D eigenvalue weighted by molar-refractivity contribution is -0.115. The number of carbonyl (C=O) groups excluding carboxylic acids is 1. The Hall–Kier alpha value is -3.22. The number of nitrogens with one attached hydrogen (secondary N) is 1. The molecule has 2 N–H and O–H groups in total. The van der Waals surface area contributed by atoms with Crippen LogP contribution in [-0.4, -0.2) is 21.0 Å². The SMILES string of the molecule is Cc1ncc(NC(=O)Cc2c(C)c3ccc(O)cc3oc2=O)c(C)n1. The van der Waals surface area contributed by atoms with Crippen molar-refractivity contribution in [2.24, 2.45) is 0 Å². The number of aromatic nitrogens is 2. The molecule has 3 aromatic rings. The molecule has 7 heteroatoms. The molecule has 0 saturated carbocycles. The molecule has 2 aromatic heterocycles. The minimum atomic E-state index is -0.595. The van der Waals surface area contributed by atoms with E-state index in [-0.39, 0.29) is 29.2 Å². The van der Waals surface area contributed by atoms with Gasteiger partial charge in [-0.15, -0.1) is 0 Å². The molecule has 0 aliphatic rings. The summed E-state index contributed by atoms with van der Waals surface area (Å²) in [4.78, 5) is 32.8. The van der Waals surface area contributed by atoms with Gasteiger partial charge in [0.2, 0.25) is 5.91 Å². The van der Waals surface area contributed by atoms with Gasteiger partial charge in [-0.1, -0.05) is 0 Å². The van der Waals surface area contributed by atoms with Crippen LogP contribution in [0.5, 0.6) is 5.75 Å². The van der Waals surface area contributed by atoms with E-state index < -0.39 is 5.63 Å². The monoisotopic (exact) mass is 339 g/mol. The van der Waals surface area contributed by atoms with Crippen molar-refractivity contribution in [1.29, 1.82) is 0 Å². The van der Waals surface area contributed by atoms with E-state index in [4.69, 9.17) is 4.42 Å². The number of aromatic hydroxyl groups is 1. The second-order valence-corrected chi connectivity index (χ2v) is 5.81. The number of anilines is 1. The van der Waals surface area contributed by atoms with Crippen molar-refractivity contribution in [2.75, 3.05) is 5.32 Å². The first-order chi connectivity index (χ1) is 11.8. The van der Waals surface area contributed by atoms with E-state index in [1.807, 2.05) is 0 Å². The number of aryl methyl sites for hydroxylation is 3. The van der Waals surface area contributed by atoms with Gasteiger partial charge in [0.05, 0.1) is 29.6 Å². The second kappa shape index (κ2) is 6.35. The third kappa shape index (κ3) is 3.35. The minimum absolute atomic E-state index is 0.00962. The summed E-state index contributed by atoms with van der Waals surface area (Å²) >= 11 is 0. The van der Waals surface area contributed by atoms with E-state index in [1.165, 1.54) is 18.3 Å². The molecular weight excluding hydrogens is 322 g/mol. The maximum Gasteiger partial charge on any atom is 0.340 e. The van der Waals surface area contributed by atoms with Gasteiger partial charge in [-0.25, -0.2) is 14.8 Å². The van der Waals surface area contributed by atoms with Crippen LogP contribution < -0.4 is 10.9 Å². The Bertz CT molecular complexity index is 1040. The molecule has 0 fully saturated rings. The van der Waals surface area contributed by atoms with Gasteiger partial charge in [0, 0.05) is 11.5 Å². The molecule has 0 radical (unpaired) electrons. The van der Waals surface area contributed by atoms with Gasteiger partial charge in [0.25, 0.3) is 0 Å². The smallest absolute Gasteiger partial charge is 0.340 e. The predicted octanol–water partition coefficient (Wildman–Crippen LogP) is 2.40. The van der Waals surface area contributed by atoms with Crippen molar-refractivity contribution in [2.45, 2.75) is 27.2 Å².